The molecule has 1 unspecified atom stereocenters. The smallest absolute Gasteiger partial charge is 0.406 e. The standard InChI is InChI=1S/C22H14F6N6O2S/c23-21(24,25)36-16-5-3-15(4-6-16)31-20(35)34-12-18(33-11-13(9-29)10-30-33)19(32-34)14-1-7-17(8-2-14)37-22(26,27)28/h1-8,10-11,18H,12H2,(H,31,35). The molecule has 192 valence electrons. The molecule has 2 heterocycles. The Bertz CT molecular complexity index is 1350. The summed E-state index contributed by atoms with van der Waals surface area (Å²) in [5.74, 6) is -0.467. The van der Waals surface area contributed by atoms with Crippen LogP contribution in [0.5, 0.6) is 5.75 Å². The normalized spacial score (nSPS) is 15.8. The summed E-state index contributed by atoms with van der Waals surface area (Å²) in [6.07, 6.45) is -2.11. The van der Waals surface area contributed by atoms with E-state index in [2.05, 4.69) is 20.3 Å². The van der Waals surface area contributed by atoms with E-state index in [1.807, 2.05) is 6.07 Å². The largest absolute Gasteiger partial charge is 0.573 e. The first-order valence-corrected chi connectivity index (χ1v) is 11.0. The van der Waals surface area contributed by atoms with Crippen molar-refractivity contribution in [1.82, 2.24) is 14.8 Å². The molecule has 2 aromatic carbocycles. The number of carbonyl (C=O) groups excluding carboxylic acids is 1. The molecule has 1 aliphatic heterocycles. The second kappa shape index (κ2) is 10.1. The number of ether oxygens (including phenoxy) is 1. The number of hydrogen-bond acceptors (Lipinski definition) is 6. The summed E-state index contributed by atoms with van der Waals surface area (Å²) in [5.41, 5.74) is -3.31. The number of carbonyl (C=O) groups is 1. The van der Waals surface area contributed by atoms with Crippen molar-refractivity contribution in [2.75, 3.05) is 11.9 Å². The highest BCUT2D eigenvalue weighted by Gasteiger charge is 2.34. The summed E-state index contributed by atoms with van der Waals surface area (Å²) in [4.78, 5) is 12.8. The zero-order valence-corrected chi connectivity index (χ0v) is 19.1. The van der Waals surface area contributed by atoms with Gasteiger partial charge in [-0.15, -0.1) is 13.2 Å². The van der Waals surface area contributed by atoms with Gasteiger partial charge in [-0.2, -0.15) is 28.6 Å². The number of halogens is 6. The zero-order chi connectivity index (χ0) is 26.8. The Hall–Kier alpha value is -4.19. The summed E-state index contributed by atoms with van der Waals surface area (Å²) in [6, 6.07) is 10.4. The summed E-state index contributed by atoms with van der Waals surface area (Å²) in [7, 11) is 0. The number of nitriles is 1. The molecule has 1 N–H and O–H groups in total. The number of hydrogen-bond donors (Lipinski definition) is 1. The molecule has 0 spiro atoms. The summed E-state index contributed by atoms with van der Waals surface area (Å²) < 4.78 is 80.2. The van der Waals surface area contributed by atoms with Gasteiger partial charge in [0.05, 0.1) is 24.0 Å². The number of hydrazone groups is 1. The third-order valence-corrected chi connectivity index (χ3v) is 5.64. The van der Waals surface area contributed by atoms with E-state index in [9.17, 15) is 31.1 Å². The predicted octanol–water partition coefficient (Wildman–Crippen LogP) is 5.76. The van der Waals surface area contributed by atoms with Crippen molar-refractivity contribution in [3.8, 4) is 11.8 Å². The topological polar surface area (TPSA) is 95.5 Å². The molecular formula is C22H14F6N6O2S. The van der Waals surface area contributed by atoms with Crippen molar-refractivity contribution in [3.05, 3.63) is 72.1 Å². The summed E-state index contributed by atoms with van der Waals surface area (Å²) in [5, 5.41) is 21.1. The van der Waals surface area contributed by atoms with Gasteiger partial charge >= 0.3 is 17.9 Å². The zero-order valence-electron chi connectivity index (χ0n) is 18.3. The fraction of sp³-hybridized carbons (Fsp3) is 0.182. The average Bonchev–Trinajstić information content (AvgIpc) is 3.46. The number of amides is 2. The van der Waals surface area contributed by atoms with Crippen molar-refractivity contribution >= 4 is 29.2 Å². The van der Waals surface area contributed by atoms with Gasteiger partial charge < -0.3 is 10.1 Å². The Morgan fingerprint density at radius 2 is 1.76 bits per heavy atom. The van der Waals surface area contributed by atoms with Crippen LogP contribution in [0.2, 0.25) is 0 Å². The van der Waals surface area contributed by atoms with Crippen LogP contribution in [-0.2, 0) is 0 Å². The van der Waals surface area contributed by atoms with Gasteiger partial charge in [-0.1, -0.05) is 12.1 Å². The first-order chi connectivity index (χ1) is 17.4. The van der Waals surface area contributed by atoms with Crippen LogP contribution < -0.4 is 10.1 Å². The van der Waals surface area contributed by atoms with Gasteiger partial charge in [-0.05, 0) is 48.2 Å². The Morgan fingerprint density at radius 3 is 2.32 bits per heavy atom. The van der Waals surface area contributed by atoms with E-state index in [0.717, 1.165) is 17.1 Å². The number of nitrogens with zero attached hydrogens (tertiary/aromatic N) is 5. The van der Waals surface area contributed by atoms with E-state index >= 15 is 0 Å². The molecule has 3 aromatic rings. The number of aromatic nitrogens is 2. The van der Waals surface area contributed by atoms with E-state index in [0.29, 0.717) is 11.3 Å². The minimum absolute atomic E-state index is 0.0372. The molecular weight excluding hydrogens is 526 g/mol. The van der Waals surface area contributed by atoms with Gasteiger partial charge in [0, 0.05) is 22.3 Å². The summed E-state index contributed by atoms with van der Waals surface area (Å²) >= 11 is -0.273. The predicted molar refractivity (Wildman–Crippen MR) is 120 cm³/mol. The van der Waals surface area contributed by atoms with Crippen LogP contribution in [-0.4, -0.2) is 44.9 Å². The van der Waals surface area contributed by atoms with Crippen molar-refractivity contribution < 1.29 is 35.9 Å². The second-order valence-corrected chi connectivity index (χ2v) is 8.62. The maximum atomic E-state index is 12.8. The SMILES string of the molecule is N#Cc1cnn(C2CN(C(=O)Nc3ccc(OC(F)(F)F)cc3)N=C2c2ccc(SC(F)(F)F)cc2)c1. The van der Waals surface area contributed by atoms with Crippen molar-refractivity contribution in [1.29, 1.82) is 5.26 Å². The average molecular weight is 540 g/mol. The highest BCUT2D eigenvalue weighted by molar-refractivity contribution is 8.00. The van der Waals surface area contributed by atoms with E-state index in [-0.39, 0.29) is 34.5 Å². The molecule has 1 aliphatic rings. The van der Waals surface area contributed by atoms with Crippen LogP contribution in [0, 0.1) is 11.3 Å². The number of anilines is 1. The fourth-order valence-electron chi connectivity index (χ4n) is 3.40. The van der Waals surface area contributed by atoms with Crippen LogP contribution in [0.25, 0.3) is 0 Å². The Balaban J connectivity index is 1.55. The lowest BCUT2D eigenvalue weighted by atomic mass is 10.0. The molecule has 0 saturated heterocycles. The molecule has 15 heteroatoms. The molecule has 0 fully saturated rings. The number of alkyl halides is 6. The van der Waals surface area contributed by atoms with Crippen LogP contribution in [0.1, 0.15) is 17.2 Å². The van der Waals surface area contributed by atoms with Gasteiger partial charge in [-0.25, -0.2) is 9.80 Å². The number of benzene rings is 2. The van der Waals surface area contributed by atoms with Crippen LogP contribution in [0.4, 0.5) is 36.8 Å². The molecule has 0 saturated carbocycles. The molecule has 1 aromatic heterocycles. The first-order valence-electron chi connectivity index (χ1n) is 10.2. The second-order valence-electron chi connectivity index (χ2n) is 7.48. The molecule has 4 rings (SSSR count). The Morgan fingerprint density at radius 1 is 1.08 bits per heavy atom. The minimum atomic E-state index is -4.86. The lowest BCUT2D eigenvalue weighted by Gasteiger charge is -2.16. The van der Waals surface area contributed by atoms with Crippen LogP contribution >= 0.6 is 11.8 Å². The van der Waals surface area contributed by atoms with Gasteiger partial charge in [0.25, 0.3) is 0 Å². The van der Waals surface area contributed by atoms with Crippen molar-refractivity contribution in [3.63, 3.8) is 0 Å². The van der Waals surface area contributed by atoms with Crippen LogP contribution in [0.15, 0.2) is 70.9 Å². The Labute approximate surface area is 209 Å². The van der Waals surface area contributed by atoms with E-state index in [4.69, 9.17) is 5.26 Å². The Kier molecular flexibility index (Phi) is 7.03. The number of rotatable bonds is 5. The van der Waals surface area contributed by atoms with E-state index < -0.39 is 29.7 Å². The lowest BCUT2D eigenvalue weighted by Crippen LogP contribution is -2.31. The van der Waals surface area contributed by atoms with Gasteiger partial charge in [0.2, 0.25) is 0 Å². The van der Waals surface area contributed by atoms with Crippen LogP contribution in [0.3, 0.4) is 0 Å². The molecule has 0 bridgehead atoms. The quantitative estimate of drug-likeness (QED) is 0.328. The third kappa shape index (κ3) is 6.73. The fourth-order valence-corrected chi connectivity index (χ4v) is 3.94. The van der Waals surface area contributed by atoms with Crippen molar-refractivity contribution in [2.24, 2.45) is 5.10 Å². The maximum absolute atomic E-state index is 12.8. The minimum Gasteiger partial charge on any atom is -0.406 e. The highest BCUT2D eigenvalue weighted by Crippen LogP contribution is 2.37. The molecule has 37 heavy (non-hydrogen) atoms. The molecule has 0 aliphatic carbocycles. The first kappa shape index (κ1) is 25.9. The van der Waals surface area contributed by atoms with E-state index in [1.54, 1.807) is 0 Å². The summed E-state index contributed by atoms with van der Waals surface area (Å²) in [6.45, 7) is -0.0396. The van der Waals surface area contributed by atoms with Gasteiger partial charge in [-0.3, -0.25) is 4.68 Å². The molecule has 8 nitrogen and oxygen atoms in total. The number of thioether (sulfide) groups is 1. The van der Waals surface area contributed by atoms with Crippen molar-refractivity contribution in [2.45, 2.75) is 22.8 Å². The van der Waals surface area contributed by atoms with Gasteiger partial charge in [0.15, 0.2) is 0 Å². The third-order valence-electron chi connectivity index (χ3n) is 4.90. The molecule has 1 atom stereocenters. The number of urea groups is 1. The lowest BCUT2D eigenvalue weighted by molar-refractivity contribution is -0.274. The number of nitrogens with one attached hydrogen (secondary N) is 1. The monoisotopic (exact) mass is 540 g/mol. The maximum Gasteiger partial charge on any atom is 0.573 e. The van der Waals surface area contributed by atoms with Gasteiger partial charge in [0.1, 0.15) is 17.9 Å². The highest BCUT2D eigenvalue weighted by atomic mass is 32.2. The van der Waals surface area contributed by atoms with E-state index in [1.165, 1.54) is 53.5 Å². The molecule has 2 amide bonds. The molecule has 0 radical (unpaired) electrons.